The van der Waals surface area contributed by atoms with Crippen molar-refractivity contribution in [3.05, 3.63) is 99.2 Å². The van der Waals surface area contributed by atoms with Crippen LogP contribution in [-0.4, -0.2) is 20.9 Å². The third kappa shape index (κ3) is 4.89. The summed E-state index contributed by atoms with van der Waals surface area (Å²) in [6.45, 7) is 0. The van der Waals surface area contributed by atoms with E-state index in [9.17, 15) is 14.9 Å². The van der Waals surface area contributed by atoms with Crippen molar-refractivity contribution in [2.75, 3.05) is 5.32 Å². The van der Waals surface area contributed by atoms with Gasteiger partial charge in [0.25, 0.3) is 11.6 Å². The van der Waals surface area contributed by atoms with Crippen molar-refractivity contribution in [1.82, 2.24) is 10.3 Å². The number of thiazole rings is 1. The van der Waals surface area contributed by atoms with E-state index in [1.165, 1.54) is 18.2 Å². The van der Waals surface area contributed by atoms with E-state index in [0.29, 0.717) is 5.69 Å². The predicted octanol–water partition coefficient (Wildman–Crippen LogP) is 7.02. The monoisotopic (exact) mass is 578 g/mol. The maximum absolute atomic E-state index is 12.8. The molecule has 5 aromatic rings. The number of fused-ring (bicyclic) bond motifs is 1. The van der Waals surface area contributed by atoms with Crippen LogP contribution in [0.15, 0.2) is 87.8 Å². The first-order valence-corrected chi connectivity index (χ1v) is 12.5. The number of carbonyl (C=O) groups excluding carboxylic acids is 1. The fraction of sp³-hybridized carbons (Fsp3) is 0. The highest BCUT2D eigenvalue weighted by atomic mass is 79.9. The Hall–Kier alpha value is -3.93. The van der Waals surface area contributed by atoms with Gasteiger partial charge in [-0.25, -0.2) is 4.98 Å². The number of nitro groups is 1. The molecule has 0 atom stereocenters. The number of furan rings is 1. The molecule has 2 aromatic heterocycles. The number of rotatable bonds is 5. The Morgan fingerprint density at radius 1 is 1.03 bits per heavy atom. The maximum Gasteiger partial charge on any atom is 0.293 e. The van der Waals surface area contributed by atoms with Gasteiger partial charge in [-0.2, -0.15) is 0 Å². The lowest BCUT2D eigenvalue weighted by Crippen LogP contribution is -2.34. The predicted molar refractivity (Wildman–Crippen MR) is 147 cm³/mol. The van der Waals surface area contributed by atoms with E-state index in [2.05, 4.69) is 26.6 Å². The fourth-order valence-electron chi connectivity index (χ4n) is 3.55. The highest BCUT2D eigenvalue weighted by molar-refractivity contribution is 9.10. The first kappa shape index (κ1) is 23.8. The molecule has 3 aromatic carbocycles. The molecule has 1 amide bonds. The van der Waals surface area contributed by atoms with Gasteiger partial charge >= 0.3 is 0 Å². The molecule has 0 aliphatic rings. The van der Waals surface area contributed by atoms with Crippen molar-refractivity contribution in [2.24, 2.45) is 0 Å². The van der Waals surface area contributed by atoms with E-state index >= 15 is 0 Å². The van der Waals surface area contributed by atoms with Crippen molar-refractivity contribution < 1.29 is 14.1 Å². The average Bonchev–Trinajstić information content (AvgIpc) is 3.53. The van der Waals surface area contributed by atoms with Gasteiger partial charge in [0.05, 0.1) is 26.4 Å². The molecule has 36 heavy (non-hydrogen) atoms. The summed E-state index contributed by atoms with van der Waals surface area (Å²) in [5.74, 6) is -0.414. The first-order chi connectivity index (χ1) is 17.4. The lowest BCUT2D eigenvalue weighted by Gasteiger charge is -2.12. The summed E-state index contributed by atoms with van der Waals surface area (Å²) < 4.78 is 7.53. The van der Waals surface area contributed by atoms with Gasteiger partial charge in [-0.1, -0.05) is 40.2 Å². The van der Waals surface area contributed by atoms with E-state index in [4.69, 9.17) is 21.6 Å². The normalized spacial score (nSPS) is 10.8. The number of carbonyl (C=O) groups is 1. The number of aromatic nitrogens is 1. The van der Waals surface area contributed by atoms with Gasteiger partial charge in [-0.15, -0.1) is 11.3 Å². The Kier molecular flexibility index (Phi) is 6.59. The molecule has 178 valence electrons. The number of hydrogen-bond donors (Lipinski definition) is 2. The molecular weight excluding hydrogens is 564 g/mol. The summed E-state index contributed by atoms with van der Waals surface area (Å²) in [5.41, 5.74) is 2.54. The topological polar surface area (TPSA) is 110 Å². The molecular formula is C25H15BrN4O4S2. The lowest BCUT2D eigenvalue weighted by molar-refractivity contribution is -0.384. The summed E-state index contributed by atoms with van der Waals surface area (Å²) in [7, 11) is 0. The zero-order valence-corrected chi connectivity index (χ0v) is 21.4. The molecule has 2 heterocycles. The minimum atomic E-state index is -0.587. The van der Waals surface area contributed by atoms with Gasteiger partial charge in [0.15, 0.2) is 10.9 Å². The highest BCUT2D eigenvalue weighted by Gasteiger charge is 2.20. The minimum Gasteiger partial charge on any atom is -0.451 e. The molecule has 0 aliphatic carbocycles. The molecule has 8 nitrogen and oxygen atoms in total. The van der Waals surface area contributed by atoms with E-state index in [1.54, 1.807) is 29.5 Å². The molecule has 0 aliphatic heterocycles. The molecule has 2 N–H and O–H groups in total. The number of nitrogens with one attached hydrogen (secondary N) is 2. The molecule has 0 saturated carbocycles. The number of anilines is 1. The number of benzene rings is 3. The smallest absolute Gasteiger partial charge is 0.293 e. The quantitative estimate of drug-likeness (QED) is 0.131. The fourth-order valence-corrected chi connectivity index (χ4v) is 5.11. The first-order valence-electron chi connectivity index (χ1n) is 10.5. The number of halogens is 1. The number of amides is 1. The van der Waals surface area contributed by atoms with Crippen LogP contribution >= 0.6 is 39.5 Å². The van der Waals surface area contributed by atoms with Crippen LogP contribution < -0.4 is 10.6 Å². The van der Waals surface area contributed by atoms with Crippen molar-refractivity contribution in [2.45, 2.75) is 0 Å². The van der Waals surface area contributed by atoms with Gasteiger partial charge in [-0.3, -0.25) is 20.2 Å². The van der Waals surface area contributed by atoms with Crippen LogP contribution in [0.1, 0.15) is 10.6 Å². The Morgan fingerprint density at radius 2 is 1.81 bits per heavy atom. The molecule has 0 bridgehead atoms. The summed E-state index contributed by atoms with van der Waals surface area (Å²) in [6.07, 6.45) is 0. The second-order valence-corrected chi connectivity index (χ2v) is 9.88. The van der Waals surface area contributed by atoms with Gasteiger partial charge in [0, 0.05) is 16.1 Å². The largest absolute Gasteiger partial charge is 0.451 e. The van der Waals surface area contributed by atoms with Crippen molar-refractivity contribution in [1.29, 1.82) is 0 Å². The Balaban J connectivity index is 1.34. The van der Waals surface area contributed by atoms with Gasteiger partial charge < -0.3 is 9.73 Å². The standard InChI is InChI=1S/C25H15BrN4O4S2/c26-14-9-10-17(16(13-14)24-27-18-6-2-4-8-22(18)36-24)28-25(35)29-23(31)21-12-11-20(34-21)15-5-1-3-7-19(15)30(32)33/h1-13H,(H2,28,29,31,35). The number of para-hydroxylation sites is 2. The van der Waals surface area contributed by atoms with Crippen LogP contribution in [0.5, 0.6) is 0 Å². The van der Waals surface area contributed by atoms with Gasteiger partial charge in [0.1, 0.15) is 10.8 Å². The molecule has 0 saturated heterocycles. The number of thiocarbonyl (C=S) groups is 1. The van der Waals surface area contributed by atoms with E-state index in [-0.39, 0.29) is 27.9 Å². The lowest BCUT2D eigenvalue weighted by atomic mass is 10.1. The highest BCUT2D eigenvalue weighted by Crippen LogP contribution is 2.36. The zero-order valence-electron chi connectivity index (χ0n) is 18.2. The molecule has 11 heteroatoms. The molecule has 5 rings (SSSR count). The van der Waals surface area contributed by atoms with Crippen molar-refractivity contribution >= 4 is 72.1 Å². The SMILES string of the molecule is O=C(NC(=S)Nc1ccc(Br)cc1-c1nc2ccccc2s1)c1ccc(-c2ccccc2[N+](=O)[O-])o1. The molecule has 0 unspecified atom stereocenters. The van der Waals surface area contributed by atoms with E-state index in [1.807, 2.05) is 42.5 Å². The number of nitro benzene ring substituents is 1. The number of nitrogens with zero attached hydrogens (tertiary/aromatic N) is 2. The second-order valence-electron chi connectivity index (χ2n) is 7.52. The summed E-state index contributed by atoms with van der Waals surface area (Å²) in [6, 6.07) is 22.6. The summed E-state index contributed by atoms with van der Waals surface area (Å²) in [5, 5.41) is 17.8. The van der Waals surface area contributed by atoms with Crippen LogP contribution in [0.2, 0.25) is 0 Å². The van der Waals surface area contributed by atoms with Crippen molar-refractivity contribution in [3.8, 4) is 21.9 Å². The Bertz CT molecular complexity index is 1610. The zero-order chi connectivity index (χ0) is 25.2. The third-order valence-electron chi connectivity index (χ3n) is 5.18. The minimum absolute atomic E-state index is 0.0329. The van der Waals surface area contributed by atoms with Crippen LogP contribution in [0.25, 0.3) is 32.1 Å². The second kappa shape index (κ2) is 9.97. The van der Waals surface area contributed by atoms with Gasteiger partial charge in [-0.05, 0) is 60.7 Å². The molecule has 0 radical (unpaired) electrons. The number of hydrogen-bond acceptors (Lipinski definition) is 7. The van der Waals surface area contributed by atoms with Crippen molar-refractivity contribution in [3.63, 3.8) is 0 Å². The van der Waals surface area contributed by atoms with Crippen LogP contribution in [0.4, 0.5) is 11.4 Å². The average molecular weight is 579 g/mol. The van der Waals surface area contributed by atoms with Gasteiger partial charge in [0.2, 0.25) is 0 Å². The van der Waals surface area contributed by atoms with Crippen LogP contribution in [-0.2, 0) is 0 Å². The third-order valence-corrected chi connectivity index (χ3v) is 6.94. The summed E-state index contributed by atoms with van der Waals surface area (Å²) in [4.78, 5) is 28.3. The maximum atomic E-state index is 12.8. The Morgan fingerprint density at radius 3 is 2.61 bits per heavy atom. The van der Waals surface area contributed by atoms with E-state index in [0.717, 1.165) is 25.3 Å². The molecule has 0 spiro atoms. The van der Waals surface area contributed by atoms with E-state index < -0.39 is 10.8 Å². The van der Waals surface area contributed by atoms with Crippen LogP contribution in [0, 0.1) is 10.1 Å². The Labute approximate surface area is 222 Å². The molecule has 0 fully saturated rings. The van der Waals surface area contributed by atoms with Crippen LogP contribution in [0.3, 0.4) is 0 Å². The summed E-state index contributed by atoms with van der Waals surface area (Å²) >= 11 is 10.4.